The summed E-state index contributed by atoms with van der Waals surface area (Å²) < 4.78 is 1.78. The second kappa shape index (κ2) is 5.29. The van der Waals surface area contributed by atoms with Crippen LogP contribution in [0.4, 0.5) is 5.69 Å². The third-order valence-electron chi connectivity index (χ3n) is 1.53. The van der Waals surface area contributed by atoms with E-state index < -0.39 is 0 Å². The van der Waals surface area contributed by atoms with E-state index in [2.05, 4.69) is 15.4 Å². The molecule has 1 aromatic rings. The highest BCUT2D eigenvalue weighted by molar-refractivity contribution is 8.13. The molecule has 1 rings (SSSR count). The number of aliphatic imine (C=N–C) groups is 1. The van der Waals surface area contributed by atoms with Crippen molar-refractivity contribution in [3.63, 3.8) is 0 Å². The zero-order chi connectivity index (χ0) is 10.4. The highest BCUT2D eigenvalue weighted by Gasteiger charge is 1.98. The Labute approximate surface area is 86.8 Å². The average Bonchev–Trinajstić information content (AvgIpc) is 2.65. The Morgan fingerprint density at radius 2 is 2.64 bits per heavy atom. The third-order valence-corrected chi connectivity index (χ3v) is 2.11. The Morgan fingerprint density at radius 3 is 3.14 bits per heavy atom. The minimum absolute atomic E-state index is 0.572. The van der Waals surface area contributed by atoms with Crippen LogP contribution in [-0.2, 0) is 6.54 Å². The number of nitrogens with one attached hydrogen (secondary N) is 1. The van der Waals surface area contributed by atoms with Gasteiger partial charge in [0.15, 0.2) is 11.4 Å². The van der Waals surface area contributed by atoms with Gasteiger partial charge in [0, 0.05) is 6.54 Å². The van der Waals surface area contributed by atoms with Crippen LogP contribution in [0.15, 0.2) is 17.4 Å². The van der Waals surface area contributed by atoms with E-state index in [4.69, 9.17) is 5.26 Å². The van der Waals surface area contributed by atoms with Gasteiger partial charge in [0.25, 0.3) is 0 Å². The summed E-state index contributed by atoms with van der Waals surface area (Å²) in [5, 5.41) is 15.6. The molecule has 0 saturated carbocycles. The van der Waals surface area contributed by atoms with Crippen LogP contribution in [0.2, 0.25) is 0 Å². The molecule has 0 saturated heterocycles. The lowest BCUT2D eigenvalue weighted by molar-refractivity contribution is 0.660. The van der Waals surface area contributed by atoms with E-state index in [0.717, 1.165) is 12.2 Å². The third kappa shape index (κ3) is 2.78. The molecule has 0 unspecified atom stereocenters. The minimum atomic E-state index is 0.572. The molecule has 0 aliphatic rings. The van der Waals surface area contributed by atoms with E-state index in [1.54, 1.807) is 10.9 Å². The van der Waals surface area contributed by atoms with E-state index in [0.29, 0.717) is 5.17 Å². The second-order valence-electron chi connectivity index (χ2n) is 2.41. The number of hydrogen-bond donors (Lipinski definition) is 1. The molecule has 0 atom stereocenters. The summed E-state index contributed by atoms with van der Waals surface area (Å²) >= 11 is 1.39. The summed E-state index contributed by atoms with van der Waals surface area (Å²) in [5.74, 6) is 0. The Hall–Kier alpha value is -1.48. The summed E-state index contributed by atoms with van der Waals surface area (Å²) in [6, 6.07) is 0. The van der Waals surface area contributed by atoms with Crippen molar-refractivity contribution >= 4 is 22.6 Å². The Morgan fingerprint density at radius 1 is 1.86 bits per heavy atom. The van der Waals surface area contributed by atoms with Crippen LogP contribution in [-0.4, -0.2) is 21.2 Å². The molecule has 0 radical (unpaired) electrons. The molecule has 0 amide bonds. The molecule has 1 N–H and O–H groups in total. The molecule has 0 fully saturated rings. The van der Waals surface area contributed by atoms with Gasteiger partial charge in [0.1, 0.15) is 5.69 Å². The first-order valence-corrected chi connectivity index (χ1v) is 5.33. The number of nitriles is 1. The van der Waals surface area contributed by atoms with Gasteiger partial charge in [-0.15, -0.1) is 0 Å². The van der Waals surface area contributed by atoms with Crippen LogP contribution in [0.1, 0.15) is 6.92 Å². The lowest BCUT2D eigenvalue weighted by atomic mass is 10.6. The number of aromatic nitrogens is 2. The molecule has 0 aliphatic heterocycles. The van der Waals surface area contributed by atoms with Crippen molar-refractivity contribution < 1.29 is 0 Å². The molecular formula is C8H11N5S. The quantitative estimate of drug-likeness (QED) is 0.345. The molecule has 0 aliphatic carbocycles. The molecule has 5 nitrogen and oxygen atoms in total. The van der Waals surface area contributed by atoms with Gasteiger partial charge < -0.3 is 0 Å². The summed E-state index contributed by atoms with van der Waals surface area (Å²) in [6.45, 7) is 2.82. The van der Waals surface area contributed by atoms with Crippen molar-refractivity contribution in [1.29, 1.82) is 5.26 Å². The second-order valence-corrected chi connectivity index (χ2v) is 3.21. The van der Waals surface area contributed by atoms with Crippen molar-refractivity contribution in [2.75, 3.05) is 6.26 Å². The Bertz CT molecular complexity index is 362. The molecule has 0 aromatic carbocycles. The minimum Gasteiger partial charge on any atom is -0.271 e. The van der Waals surface area contributed by atoms with Crippen LogP contribution < -0.4 is 5.32 Å². The Kier molecular flexibility index (Phi) is 4.01. The van der Waals surface area contributed by atoms with Crippen LogP contribution >= 0.6 is 11.8 Å². The maximum absolute atomic E-state index is 8.42. The topological polar surface area (TPSA) is 66.0 Å². The maximum Gasteiger partial charge on any atom is 0.183 e. The summed E-state index contributed by atoms with van der Waals surface area (Å²) in [5.41, 5.74) is 0.749. The molecule has 0 bridgehead atoms. The fraction of sp³-hybridized carbons (Fsp3) is 0.375. The monoisotopic (exact) mass is 209 g/mol. The van der Waals surface area contributed by atoms with E-state index in [1.807, 2.05) is 25.6 Å². The Balaban J connectivity index is 2.78. The zero-order valence-electron chi connectivity index (χ0n) is 8.06. The number of hydrogen-bond acceptors (Lipinski definition) is 4. The van der Waals surface area contributed by atoms with Crippen LogP contribution in [0.25, 0.3) is 0 Å². The molecule has 1 heterocycles. The largest absolute Gasteiger partial charge is 0.271 e. The molecule has 0 spiro atoms. The van der Waals surface area contributed by atoms with Crippen molar-refractivity contribution in [2.24, 2.45) is 4.99 Å². The van der Waals surface area contributed by atoms with Gasteiger partial charge in [0.05, 0.1) is 12.4 Å². The molecule has 14 heavy (non-hydrogen) atoms. The standard InChI is InChI=1S/C8H11N5S/c1-3-13-5-7(4-11-13)12-8(14-2)10-6-9/h4-5H,3H2,1-2H3,(H,10,12). The van der Waals surface area contributed by atoms with Crippen molar-refractivity contribution in [3.05, 3.63) is 12.4 Å². The van der Waals surface area contributed by atoms with Gasteiger partial charge in [-0.2, -0.15) is 10.4 Å². The lowest BCUT2D eigenvalue weighted by Gasteiger charge is -1.96. The molecule has 74 valence electrons. The maximum atomic E-state index is 8.42. The van der Waals surface area contributed by atoms with Gasteiger partial charge in [-0.25, -0.2) is 4.99 Å². The smallest absolute Gasteiger partial charge is 0.183 e. The van der Waals surface area contributed by atoms with Crippen LogP contribution in [0, 0.1) is 11.5 Å². The normalized spacial score (nSPS) is 11.1. The molecule has 6 heteroatoms. The fourth-order valence-electron chi connectivity index (χ4n) is 0.873. The van der Waals surface area contributed by atoms with Crippen LogP contribution in [0.5, 0.6) is 0 Å². The average molecular weight is 209 g/mol. The summed E-state index contributed by atoms with van der Waals surface area (Å²) in [4.78, 5) is 4.20. The number of amidine groups is 1. The van der Waals surface area contributed by atoms with Gasteiger partial charge in [-0.3, -0.25) is 10.00 Å². The van der Waals surface area contributed by atoms with E-state index >= 15 is 0 Å². The predicted octanol–water partition coefficient (Wildman–Crippen LogP) is 1.32. The van der Waals surface area contributed by atoms with Gasteiger partial charge in [0.2, 0.25) is 0 Å². The van der Waals surface area contributed by atoms with E-state index in [1.165, 1.54) is 11.8 Å². The predicted molar refractivity (Wildman–Crippen MR) is 57.3 cm³/mol. The fourth-order valence-corrected chi connectivity index (χ4v) is 1.22. The SMILES string of the molecule is CCn1cc(N=C(NC#N)SC)cn1. The van der Waals surface area contributed by atoms with E-state index in [-0.39, 0.29) is 0 Å². The summed E-state index contributed by atoms with van der Waals surface area (Å²) in [6.07, 6.45) is 7.18. The number of rotatable bonds is 2. The van der Waals surface area contributed by atoms with Gasteiger partial charge in [-0.1, -0.05) is 11.8 Å². The van der Waals surface area contributed by atoms with Crippen molar-refractivity contribution in [2.45, 2.75) is 13.5 Å². The highest BCUT2D eigenvalue weighted by atomic mass is 32.2. The van der Waals surface area contributed by atoms with Crippen molar-refractivity contribution in [3.8, 4) is 6.19 Å². The van der Waals surface area contributed by atoms with Crippen LogP contribution in [0.3, 0.4) is 0 Å². The highest BCUT2D eigenvalue weighted by Crippen LogP contribution is 2.11. The number of nitrogens with zero attached hydrogens (tertiary/aromatic N) is 4. The first-order chi connectivity index (χ1) is 6.80. The number of aryl methyl sites for hydroxylation is 1. The molecular weight excluding hydrogens is 198 g/mol. The lowest BCUT2D eigenvalue weighted by Crippen LogP contribution is -2.12. The van der Waals surface area contributed by atoms with Crippen molar-refractivity contribution in [1.82, 2.24) is 15.1 Å². The zero-order valence-corrected chi connectivity index (χ0v) is 8.88. The first kappa shape index (κ1) is 10.6. The first-order valence-electron chi connectivity index (χ1n) is 4.10. The van der Waals surface area contributed by atoms with E-state index in [9.17, 15) is 0 Å². The van der Waals surface area contributed by atoms with Gasteiger partial charge >= 0.3 is 0 Å². The number of thioether (sulfide) groups is 1. The summed E-state index contributed by atoms with van der Waals surface area (Å²) in [7, 11) is 0. The molecule has 1 aromatic heterocycles. The van der Waals surface area contributed by atoms with Gasteiger partial charge in [-0.05, 0) is 13.2 Å².